The number of nitrogens with zero attached hydrogens (tertiary/aromatic N) is 2. The quantitative estimate of drug-likeness (QED) is 0.798. The Morgan fingerprint density at radius 1 is 1.22 bits per heavy atom. The van der Waals surface area contributed by atoms with Gasteiger partial charge in [0.1, 0.15) is 11.5 Å². The molecule has 3 rings (SSSR count). The molecule has 3 atom stereocenters. The Bertz CT molecular complexity index is 479. The van der Waals surface area contributed by atoms with Crippen molar-refractivity contribution in [1.29, 1.82) is 0 Å². The first-order chi connectivity index (χ1) is 11.2. The van der Waals surface area contributed by atoms with Crippen molar-refractivity contribution in [2.75, 3.05) is 45.8 Å². The molecule has 4 heteroatoms. The molecule has 130 valence electrons. The monoisotopic (exact) mass is 319 g/mol. The number of likely N-dealkylation sites (N-methyl/N-ethyl adjacent to an activating group) is 1. The summed E-state index contributed by atoms with van der Waals surface area (Å²) in [6, 6.07) is 4.31. The highest BCUT2D eigenvalue weighted by molar-refractivity contribution is 5.17. The molecule has 0 aromatic carbocycles. The van der Waals surface area contributed by atoms with Gasteiger partial charge in [-0.25, -0.2) is 0 Å². The van der Waals surface area contributed by atoms with Gasteiger partial charge < -0.3 is 19.5 Å². The average Bonchev–Trinajstić information content (AvgIpc) is 3.09. The molecule has 0 spiro atoms. The van der Waals surface area contributed by atoms with Gasteiger partial charge in [0.15, 0.2) is 0 Å². The number of furan rings is 1. The highest BCUT2D eigenvalue weighted by atomic mass is 16.3. The van der Waals surface area contributed by atoms with Gasteiger partial charge >= 0.3 is 0 Å². The lowest BCUT2D eigenvalue weighted by molar-refractivity contribution is 0.124. The minimum atomic E-state index is 0.682. The summed E-state index contributed by atoms with van der Waals surface area (Å²) >= 11 is 0. The smallest absolute Gasteiger partial charge is 0.117 e. The lowest BCUT2D eigenvalue weighted by atomic mass is 10.1. The van der Waals surface area contributed by atoms with Crippen LogP contribution in [0.25, 0.3) is 0 Å². The maximum absolute atomic E-state index is 5.96. The number of hydrogen-bond donors (Lipinski definition) is 1. The lowest BCUT2D eigenvalue weighted by Crippen LogP contribution is -2.48. The molecule has 1 aliphatic heterocycles. The predicted molar refractivity (Wildman–Crippen MR) is 94.7 cm³/mol. The molecule has 1 aliphatic carbocycles. The van der Waals surface area contributed by atoms with Crippen molar-refractivity contribution >= 4 is 0 Å². The first-order valence-corrected chi connectivity index (χ1v) is 9.39. The standard InChI is InChI=1S/C19H33N3O/c1-4-21-7-9-22(10-8-21)14-15(2)12-20-13-17-5-6-19(23-17)18-11-16(18)3/h5-6,15-16,18,20H,4,7-14H2,1-3H3. The van der Waals surface area contributed by atoms with Crippen molar-refractivity contribution in [2.24, 2.45) is 11.8 Å². The van der Waals surface area contributed by atoms with E-state index in [0.29, 0.717) is 11.8 Å². The topological polar surface area (TPSA) is 31.6 Å². The van der Waals surface area contributed by atoms with Gasteiger partial charge in [0.25, 0.3) is 0 Å². The van der Waals surface area contributed by atoms with Crippen LogP contribution in [0, 0.1) is 11.8 Å². The van der Waals surface area contributed by atoms with Crippen LogP contribution in [0.5, 0.6) is 0 Å². The zero-order valence-corrected chi connectivity index (χ0v) is 15.1. The summed E-state index contributed by atoms with van der Waals surface area (Å²) < 4.78 is 5.96. The first kappa shape index (κ1) is 17.0. The molecule has 4 nitrogen and oxygen atoms in total. The van der Waals surface area contributed by atoms with Crippen LogP contribution in [0.1, 0.15) is 44.6 Å². The van der Waals surface area contributed by atoms with E-state index in [9.17, 15) is 0 Å². The summed E-state index contributed by atoms with van der Waals surface area (Å²) in [6.45, 7) is 16.1. The second kappa shape index (κ2) is 7.82. The van der Waals surface area contributed by atoms with Crippen LogP contribution in [0.15, 0.2) is 16.5 Å². The molecule has 1 N–H and O–H groups in total. The average molecular weight is 319 g/mol. The Kier molecular flexibility index (Phi) is 5.78. The molecule has 1 saturated heterocycles. The van der Waals surface area contributed by atoms with Crippen LogP contribution in [0.3, 0.4) is 0 Å². The summed E-state index contributed by atoms with van der Waals surface area (Å²) in [7, 11) is 0. The normalized spacial score (nSPS) is 27.3. The van der Waals surface area contributed by atoms with Crippen molar-refractivity contribution in [2.45, 2.75) is 39.7 Å². The van der Waals surface area contributed by atoms with E-state index in [1.54, 1.807) is 0 Å². The Morgan fingerprint density at radius 3 is 2.57 bits per heavy atom. The Labute approximate surface area is 141 Å². The third-order valence-electron chi connectivity index (χ3n) is 5.43. The van der Waals surface area contributed by atoms with Gasteiger partial charge in [-0.2, -0.15) is 0 Å². The molecule has 2 fully saturated rings. The predicted octanol–water partition coefficient (Wildman–Crippen LogP) is 2.77. The summed E-state index contributed by atoms with van der Waals surface area (Å²) in [6.07, 6.45) is 1.29. The minimum absolute atomic E-state index is 0.682. The Morgan fingerprint density at radius 2 is 1.91 bits per heavy atom. The maximum atomic E-state index is 5.96. The van der Waals surface area contributed by atoms with E-state index in [1.165, 1.54) is 51.4 Å². The molecule has 0 bridgehead atoms. The molecule has 2 aliphatic rings. The molecule has 3 unspecified atom stereocenters. The fraction of sp³-hybridized carbons (Fsp3) is 0.789. The molecule has 1 aromatic rings. The van der Waals surface area contributed by atoms with Gasteiger partial charge in [0.05, 0.1) is 6.54 Å². The third-order valence-corrected chi connectivity index (χ3v) is 5.43. The highest BCUT2D eigenvalue weighted by Crippen LogP contribution is 2.47. The van der Waals surface area contributed by atoms with Gasteiger partial charge in [-0.15, -0.1) is 0 Å². The van der Waals surface area contributed by atoms with E-state index in [4.69, 9.17) is 4.42 Å². The van der Waals surface area contributed by atoms with Gasteiger partial charge in [0.2, 0.25) is 0 Å². The number of rotatable bonds is 8. The number of piperazine rings is 1. The van der Waals surface area contributed by atoms with Crippen LogP contribution in [-0.2, 0) is 6.54 Å². The van der Waals surface area contributed by atoms with Gasteiger partial charge in [-0.05, 0) is 43.5 Å². The third kappa shape index (κ3) is 4.82. The SMILES string of the molecule is CCN1CCN(CC(C)CNCc2ccc(C3CC3C)o2)CC1. The number of hydrogen-bond acceptors (Lipinski definition) is 4. The second-order valence-corrected chi connectivity index (χ2v) is 7.59. The molecule has 0 amide bonds. The van der Waals surface area contributed by atoms with E-state index in [0.717, 1.165) is 24.8 Å². The van der Waals surface area contributed by atoms with Crippen LogP contribution >= 0.6 is 0 Å². The van der Waals surface area contributed by atoms with E-state index in [2.05, 4.69) is 48.0 Å². The zero-order chi connectivity index (χ0) is 16.2. The maximum Gasteiger partial charge on any atom is 0.117 e. The molecule has 0 radical (unpaired) electrons. The first-order valence-electron chi connectivity index (χ1n) is 9.39. The Hall–Kier alpha value is -0.840. The molecular weight excluding hydrogens is 286 g/mol. The molecule has 1 aromatic heterocycles. The Balaban J connectivity index is 1.31. The fourth-order valence-electron chi connectivity index (χ4n) is 3.64. The van der Waals surface area contributed by atoms with Crippen LogP contribution < -0.4 is 5.32 Å². The van der Waals surface area contributed by atoms with Gasteiger partial charge in [-0.3, -0.25) is 0 Å². The molecular formula is C19H33N3O. The van der Waals surface area contributed by atoms with E-state index in [-0.39, 0.29) is 0 Å². The van der Waals surface area contributed by atoms with Crippen LogP contribution in [0.2, 0.25) is 0 Å². The van der Waals surface area contributed by atoms with Crippen molar-refractivity contribution < 1.29 is 4.42 Å². The summed E-state index contributed by atoms with van der Waals surface area (Å²) in [4.78, 5) is 5.15. The summed E-state index contributed by atoms with van der Waals surface area (Å²) in [5, 5.41) is 3.56. The minimum Gasteiger partial charge on any atom is -0.464 e. The number of nitrogens with one attached hydrogen (secondary N) is 1. The lowest BCUT2D eigenvalue weighted by Gasteiger charge is -2.35. The van der Waals surface area contributed by atoms with Crippen LogP contribution in [0.4, 0.5) is 0 Å². The van der Waals surface area contributed by atoms with Gasteiger partial charge in [-0.1, -0.05) is 20.8 Å². The fourth-order valence-corrected chi connectivity index (χ4v) is 3.64. The molecule has 23 heavy (non-hydrogen) atoms. The van der Waals surface area contributed by atoms with Crippen molar-refractivity contribution in [3.63, 3.8) is 0 Å². The van der Waals surface area contributed by atoms with E-state index in [1.807, 2.05) is 0 Å². The molecule has 1 saturated carbocycles. The van der Waals surface area contributed by atoms with Crippen molar-refractivity contribution in [3.8, 4) is 0 Å². The second-order valence-electron chi connectivity index (χ2n) is 7.59. The summed E-state index contributed by atoms with van der Waals surface area (Å²) in [5.74, 6) is 4.46. The summed E-state index contributed by atoms with van der Waals surface area (Å²) in [5.41, 5.74) is 0. The largest absolute Gasteiger partial charge is 0.464 e. The zero-order valence-electron chi connectivity index (χ0n) is 15.1. The highest BCUT2D eigenvalue weighted by Gasteiger charge is 2.36. The molecule has 2 heterocycles. The van der Waals surface area contributed by atoms with Crippen molar-refractivity contribution in [1.82, 2.24) is 15.1 Å². The van der Waals surface area contributed by atoms with Crippen LogP contribution in [-0.4, -0.2) is 55.6 Å². The van der Waals surface area contributed by atoms with E-state index >= 15 is 0 Å². The van der Waals surface area contributed by atoms with Gasteiger partial charge in [0, 0.05) is 38.6 Å². The van der Waals surface area contributed by atoms with Crippen molar-refractivity contribution in [3.05, 3.63) is 23.7 Å². The van der Waals surface area contributed by atoms with E-state index < -0.39 is 0 Å².